The van der Waals surface area contributed by atoms with Gasteiger partial charge in [0.15, 0.2) is 5.79 Å². The molecule has 104 valence electrons. The topological polar surface area (TPSA) is 18.5 Å². The molecule has 0 aliphatic rings. The summed E-state index contributed by atoms with van der Waals surface area (Å²) in [5.74, 6) is -0.305. The molecule has 17 heavy (non-hydrogen) atoms. The highest BCUT2D eigenvalue weighted by molar-refractivity contribution is 4.68. The third-order valence-corrected chi connectivity index (χ3v) is 3.18. The lowest BCUT2D eigenvalue weighted by Gasteiger charge is -2.33. The molecule has 0 aromatic rings. The van der Waals surface area contributed by atoms with E-state index in [0.717, 1.165) is 38.9 Å². The first-order chi connectivity index (χ1) is 8.24. The van der Waals surface area contributed by atoms with E-state index in [1.165, 1.54) is 25.7 Å². The van der Waals surface area contributed by atoms with Crippen LogP contribution in [0, 0.1) is 0 Å². The summed E-state index contributed by atoms with van der Waals surface area (Å²) in [7, 11) is 0. The van der Waals surface area contributed by atoms with Crippen LogP contribution in [0.15, 0.2) is 0 Å². The van der Waals surface area contributed by atoms with Crippen LogP contribution in [-0.4, -0.2) is 19.0 Å². The summed E-state index contributed by atoms with van der Waals surface area (Å²) >= 11 is 0. The van der Waals surface area contributed by atoms with E-state index >= 15 is 0 Å². The summed E-state index contributed by atoms with van der Waals surface area (Å²) in [6, 6.07) is 0. The van der Waals surface area contributed by atoms with Gasteiger partial charge in [-0.05, 0) is 25.7 Å². The fraction of sp³-hybridized carbons (Fsp3) is 1.00. The fourth-order valence-corrected chi connectivity index (χ4v) is 1.82. The van der Waals surface area contributed by atoms with Gasteiger partial charge in [-0.3, -0.25) is 0 Å². The van der Waals surface area contributed by atoms with Crippen molar-refractivity contribution in [2.45, 2.75) is 84.8 Å². The van der Waals surface area contributed by atoms with Crippen LogP contribution in [-0.2, 0) is 9.47 Å². The molecular formula is C15H32O2. The molecule has 0 fully saturated rings. The molecule has 0 radical (unpaired) electrons. The van der Waals surface area contributed by atoms with Crippen molar-refractivity contribution >= 4 is 0 Å². The standard InChI is InChI=1S/C15H32O2/c1-5-9-12-15(8-4,16-13-10-6-2)17-14-11-7-3/h5-14H2,1-4H3. The lowest BCUT2D eigenvalue weighted by Crippen LogP contribution is -2.36. The van der Waals surface area contributed by atoms with E-state index < -0.39 is 0 Å². The number of ether oxygens (including phenoxy) is 2. The summed E-state index contributed by atoms with van der Waals surface area (Å²) in [5.41, 5.74) is 0. The largest absolute Gasteiger partial charge is 0.350 e. The van der Waals surface area contributed by atoms with Crippen LogP contribution < -0.4 is 0 Å². The van der Waals surface area contributed by atoms with Gasteiger partial charge in [-0.15, -0.1) is 0 Å². The van der Waals surface area contributed by atoms with E-state index in [2.05, 4.69) is 27.7 Å². The Labute approximate surface area is 108 Å². The van der Waals surface area contributed by atoms with Crippen LogP contribution in [0.5, 0.6) is 0 Å². The molecule has 0 aliphatic carbocycles. The lowest BCUT2D eigenvalue weighted by atomic mass is 10.1. The third kappa shape index (κ3) is 7.77. The summed E-state index contributed by atoms with van der Waals surface area (Å²) in [5, 5.41) is 0. The maximum absolute atomic E-state index is 6.05. The molecule has 2 heteroatoms. The van der Waals surface area contributed by atoms with Gasteiger partial charge in [-0.2, -0.15) is 0 Å². The Morgan fingerprint density at radius 2 is 1.18 bits per heavy atom. The zero-order chi connectivity index (χ0) is 13.0. The summed E-state index contributed by atoms with van der Waals surface area (Å²) < 4.78 is 12.1. The van der Waals surface area contributed by atoms with Crippen LogP contribution >= 0.6 is 0 Å². The third-order valence-electron chi connectivity index (χ3n) is 3.18. The maximum Gasteiger partial charge on any atom is 0.168 e. The van der Waals surface area contributed by atoms with Crippen LogP contribution in [0.4, 0.5) is 0 Å². The van der Waals surface area contributed by atoms with Gasteiger partial charge in [0.1, 0.15) is 0 Å². The smallest absolute Gasteiger partial charge is 0.168 e. The molecule has 0 aromatic heterocycles. The minimum absolute atomic E-state index is 0.305. The minimum Gasteiger partial charge on any atom is -0.350 e. The SMILES string of the molecule is CCCCOC(CC)(CCCC)OCCCC. The average molecular weight is 244 g/mol. The van der Waals surface area contributed by atoms with Crippen molar-refractivity contribution in [2.75, 3.05) is 13.2 Å². The van der Waals surface area contributed by atoms with E-state index in [9.17, 15) is 0 Å². The highest BCUT2D eigenvalue weighted by Crippen LogP contribution is 2.26. The first kappa shape index (κ1) is 16.9. The molecule has 0 saturated carbocycles. The van der Waals surface area contributed by atoms with Crippen LogP contribution in [0.3, 0.4) is 0 Å². The first-order valence-corrected chi connectivity index (χ1v) is 7.52. The Balaban J connectivity index is 4.17. The van der Waals surface area contributed by atoms with Crippen molar-refractivity contribution in [1.82, 2.24) is 0 Å². The summed E-state index contributed by atoms with van der Waals surface area (Å²) in [4.78, 5) is 0. The van der Waals surface area contributed by atoms with E-state index in [-0.39, 0.29) is 5.79 Å². The number of hydrogen-bond acceptors (Lipinski definition) is 2. The maximum atomic E-state index is 6.05. The second-order valence-corrected chi connectivity index (χ2v) is 4.77. The molecule has 0 aromatic carbocycles. The molecule has 0 amide bonds. The Morgan fingerprint density at radius 3 is 1.53 bits per heavy atom. The van der Waals surface area contributed by atoms with Crippen molar-refractivity contribution in [3.05, 3.63) is 0 Å². The second-order valence-electron chi connectivity index (χ2n) is 4.77. The molecule has 0 heterocycles. The quantitative estimate of drug-likeness (QED) is 0.358. The second kappa shape index (κ2) is 11.0. The fourth-order valence-electron chi connectivity index (χ4n) is 1.82. The Morgan fingerprint density at radius 1 is 0.706 bits per heavy atom. The van der Waals surface area contributed by atoms with Gasteiger partial charge in [0.2, 0.25) is 0 Å². The molecule has 0 atom stereocenters. The van der Waals surface area contributed by atoms with Gasteiger partial charge in [0, 0.05) is 6.42 Å². The molecule has 2 nitrogen and oxygen atoms in total. The molecule has 0 rings (SSSR count). The summed E-state index contributed by atoms with van der Waals surface area (Å²) in [6.07, 6.45) is 9.01. The van der Waals surface area contributed by atoms with Crippen LogP contribution in [0.1, 0.15) is 79.1 Å². The zero-order valence-corrected chi connectivity index (χ0v) is 12.4. The molecule has 0 spiro atoms. The van der Waals surface area contributed by atoms with E-state index in [1.54, 1.807) is 0 Å². The van der Waals surface area contributed by atoms with Crippen molar-refractivity contribution in [3.8, 4) is 0 Å². The van der Waals surface area contributed by atoms with E-state index in [4.69, 9.17) is 9.47 Å². The van der Waals surface area contributed by atoms with Crippen molar-refractivity contribution < 1.29 is 9.47 Å². The van der Waals surface area contributed by atoms with Crippen molar-refractivity contribution in [2.24, 2.45) is 0 Å². The normalized spacial score (nSPS) is 12.0. The molecule has 0 N–H and O–H groups in total. The molecule has 0 unspecified atom stereocenters. The first-order valence-electron chi connectivity index (χ1n) is 7.52. The summed E-state index contributed by atoms with van der Waals surface area (Å²) in [6.45, 7) is 10.5. The monoisotopic (exact) mass is 244 g/mol. The van der Waals surface area contributed by atoms with Gasteiger partial charge in [0.05, 0.1) is 13.2 Å². The molecule has 0 bridgehead atoms. The van der Waals surface area contributed by atoms with Gasteiger partial charge < -0.3 is 9.47 Å². The highest BCUT2D eigenvalue weighted by atomic mass is 16.7. The number of unbranched alkanes of at least 4 members (excludes halogenated alkanes) is 3. The van der Waals surface area contributed by atoms with Gasteiger partial charge in [-0.25, -0.2) is 0 Å². The van der Waals surface area contributed by atoms with Gasteiger partial charge >= 0.3 is 0 Å². The molecule has 0 aliphatic heterocycles. The number of hydrogen-bond donors (Lipinski definition) is 0. The lowest BCUT2D eigenvalue weighted by molar-refractivity contribution is -0.244. The van der Waals surface area contributed by atoms with E-state index in [1.807, 2.05) is 0 Å². The Kier molecular flexibility index (Phi) is 11.0. The zero-order valence-electron chi connectivity index (χ0n) is 12.4. The number of rotatable bonds is 12. The highest BCUT2D eigenvalue weighted by Gasteiger charge is 2.28. The Hall–Kier alpha value is -0.0800. The molecule has 0 saturated heterocycles. The van der Waals surface area contributed by atoms with Crippen molar-refractivity contribution in [3.63, 3.8) is 0 Å². The van der Waals surface area contributed by atoms with E-state index in [0.29, 0.717) is 0 Å². The predicted octanol–water partition coefficient (Wildman–Crippen LogP) is 4.92. The predicted molar refractivity (Wildman–Crippen MR) is 74.3 cm³/mol. The minimum atomic E-state index is -0.305. The van der Waals surface area contributed by atoms with Crippen LogP contribution in [0.25, 0.3) is 0 Å². The van der Waals surface area contributed by atoms with Crippen LogP contribution in [0.2, 0.25) is 0 Å². The van der Waals surface area contributed by atoms with Gasteiger partial charge in [-0.1, -0.05) is 47.0 Å². The Bertz CT molecular complexity index is 147. The average Bonchev–Trinajstić information content (AvgIpc) is 2.36. The molecular weight excluding hydrogens is 212 g/mol. The van der Waals surface area contributed by atoms with Crippen molar-refractivity contribution in [1.29, 1.82) is 0 Å². The van der Waals surface area contributed by atoms with Gasteiger partial charge in [0.25, 0.3) is 0 Å².